The van der Waals surface area contributed by atoms with Gasteiger partial charge in [0.1, 0.15) is 16.9 Å². The van der Waals surface area contributed by atoms with Gasteiger partial charge in [-0.3, -0.25) is 5.32 Å². The van der Waals surface area contributed by atoms with Gasteiger partial charge in [-0.15, -0.1) is 11.8 Å². The van der Waals surface area contributed by atoms with Gasteiger partial charge < -0.3 is 4.42 Å². The number of thioether (sulfide) groups is 1. The van der Waals surface area contributed by atoms with Crippen molar-refractivity contribution < 1.29 is 4.42 Å². The zero-order valence-electron chi connectivity index (χ0n) is 8.04. The lowest BCUT2D eigenvalue weighted by Crippen LogP contribution is -2.28. The number of furan rings is 1. The largest absolute Gasteiger partial charge is 0.464 e. The fourth-order valence-corrected chi connectivity index (χ4v) is 2.72. The van der Waals surface area contributed by atoms with E-state index < -0.39 is 0 Å². The molecule has 1 saturated heterocycles. The van der Waals surface area contributed by atoms with E-state index in [1.165, 1.54) is 6.42 Å². The highest BCUT2D eigenvalue weighted by Crippen LogP contribution is 2.34. The van der Waals surface area contributed by atoms with Crippen molar-refractivity contribution in [2.45, 2.75) is 30.9 Å². The van der Waals surface area contributed by atoms with Crippen LogP contribution in [0.25, 0.3) is 0 Å². The Morgan fingerprint density at radius 1 is 1.54 bits per heavy atom. The van der Waals surface area contributed by atoms with E-state index >= 15 is 0 Å². The fraction of sp³-hybridized carbons (Fsp3) is 0.600. The Kier molecular flexibility index (Phi) is 2.65. The summed E-state index contributed by atoms with van der Waals surface area (Å²) >= 11 is 1.95. The van der Waals surface area contributed by atoms with Crippen molar-refractivity contribution >= 4 is 11.8 Å². The van der Waals surface area contributed by atoms with Crippen molar-refractivity contribution in [2.75, 3.05) is 6.54 Å². The van der Waals surface area contributed by atoms with E-state index in [1.54, 1.807) is 0 Å². The summed E-state index contributed by atoms with van der Waals surface area (Å²) in [4.78, 5) is 0. The van der Waals surface area contributed by atoms with Crippen LogP contribution in [0.15, 0.2) is 16.5 Å². The van der Waals surface area contributed by atoms with Crippen LogP contribution in [0.4, 0.5) is 0 Å². The topological polar surface area (TPSA) is 25.2 Å². The Morgan fingerprint density at radius 2 is 2.38 bits per heavy atom. The SMILES string of the molecule is Cc1ccc(C2NCCC(C)S2)o1. The third-order valence-corrected chi connectivity index (χ3v) is 3.64. The van der Waals surface area contributed by atoms with Crippen LogP contribution < -0.4 is 5.32 Å². The molecule has 1 N–H and O–H groups in total. The van der Waals surface area contributed by atoms with Gasteiger partial charge >= 0.3 is 0 Å². The second-order valence-corrected chi connectivity index (χ2v) is 5.07. The first kappa shape index (κ1) is 9.16. The maximum Gasteiger partial charge on any atom is 0.131 e. The summed E-state index contributed by atoms with van der Waals surface area (Å²) < 4.78 is 5.59. The molecule has 0 aliphatic carbocycles. The average molecular weight is 197 g/mol. The van der Waals surface area contributed by atoms with Crippen molar-refractivity contribution in [3.63, 3.8) is 0 Å². The van der Waals surface area contributed by atoms with Gasteiger partial charge in [0.15, 0.2) is 0 Å². The van der Waals surface area contributed by atoms with Crippen molar-refractivity contribution in [2.24, 2.45) is 0 Å². The van der Waals surface area contributed by atoms with E-state index in [0.717, 1.165) is 23.3 Å². The smallest absolute Gasteiger partial charge is 0.131 e. The molecule has 1 aromatic rings. The summed E-state index contributed by atoms with van der Waals surface area (Å²) in [6.45, 7) is 5.35. The van der Waals surface area contributed by atoms with E-state index in [9.17, 15) is 0 Å². The second-order valence-electron chi connectivity index (χ2n) is 3.52. The van der Waals surface area contributed by atoms with Gasteiger partial charge in [-0.1, -0.05) is 6.92 Å². The molecule has 2 unspecified atom stereocenters. The highest BCUT2D eigenvalue weighted by molar-refractivity contribution is 8.00. The van der Waals surface area contributed by atoms with Gasteiger partial charge in [-0.05, 0) is 32.0 Å². The predicted octanol–water partition coefficient (Wildman–Crippen LogP) is 2.70. The third-order valence-electron chi connectivity index (χ3n) is 2.27. The summed E-state index contributed by atoms with van der Waals surface area (Å²) in [5.41, 5.74) is 0. The number of hydrogen-bond acceptors (Lipinski definition) is 3. The van der Waals surface area contributed by atoms with Crippen LogP contribution >= 0.6 is 11.8 Å². The van der Waals surface area contributed by atoms with E-state index in [2.05, 4.69) is 18.3 Å². The maximum absolute atomic E-state index is 5.59. The molecule has 2 atom stereocenters. The zero-order valence-corrected chi connectivity index (χ0v) is 8.86. The monoisotopic (exact) mass is 197 g/mol. The van der Waals surface area contributed by atoms with E-state index in [0.29, 0.717) is 5.37 Å². The lowest BCUT2D eigenvalue weighted by molar-refractivity contribution is 0.448. The van der Waals surface area contributed by atoms with Crippen molar-refractivity contribution in [3.05, 3.63) is 23.7 Å². The number of nitrogens with one attached hydrogen (secondary N) is 1. The van der Waals surface area contributed by atoms with Crippen LogP contribution in [0.5, 0.6) is 0 Å². The molecule has 72 valence electrons. The van der Waals surface area contributed by atoms with Crippen LogP contribution in [-0.4, -0.2) is 11.8 Å². The van der Waals surface area contributed by atoms with Crippen LogP contribution in [0.2, 0.25) is 0 Å². The fourth-order valence-electron chi connectivity index (χ4n) is 1.53. The van der Waals surface area contributed by atoms with Gasteiger partial charge in [0.2, 0.25) is 0 Å². The Hall–Kier alpha value is -0.410. The van der Waals surface area contributed by atoms with Gasteiger partial charge in [0.25, 0.3) is 0 Å². The molecule has 1 fully saturated rings. The van der Waals surface area contributed by atoms with Gasteiger partial charge in [0, 0.05) is 5.25 Å². The minimum atomic E-state index is 0.359. The van der Waals surface area contributed by atoms with Crippen LogP contribution in [0, 0.1) is 6.92 Å². The molecule has 0 bridgehead atoms. The molecule has 0 aromatic carbocycles. The molecule has 1 aliphatic heterocycles. The third kappa shape index (κ3) is 2.09. The minimum Gasteiger partial charge on any atom is -0.464 e. The molecule has 0 radical (unpaired) electrons. The Labute approximate surface area is 83.1 Å². The quantitative estimate of drug-likeness (QED) is 0.749. The van der Waals surface area contributed by atoms with Crippen molar-refractivity contribution in [1.29, 1.82) is 0 Å². The van der Waals surface area contributed by atoms with Crippen LogP contribution in [0.1, 0.15) is 30.2 Å². The molecule has 1 aromatic heterocycles. The first-order chi connectivity index (χ1) is 6.25. The Bertz CT molecular complexity index is 284. The highest BCUT2D eigenvalue weighted by Gasteiger charge is 2.22. The van der Waals surface area contributed by atoms with Crippen molar-refractivity contribution in [1.82, 2.24) is 5.32 Å². The van der Waals surface area contributed by atoms with E-state index in [-0.39, 0.29) is 0 Å². The first-order valence-corrected chi connectivity index (χ1v) is 5.65. The Morgan fingerprint density at radius 3 is 3.00 bits per heavy atom. The lowest BCUT2D eigenvalue weighted by atomic mass is 10.3. The van der Waals surface area contributed by atoms with Crippen molar-refractivity contribution in [3.8, 4) is 0 Å². The average Bonchev–Trinajstić information content (AvgIpc) is 2.52. The molecule has 0 saturated carbocycles. The molecule has 13 heavy (non-hydrogen) atoms. The van der Waals surface area contributed by atoms with Crippen LogP contribution in [0.3, 0.4) is 0 Å². The predicted molar refractivity (Wildman–Crippen MR) is 55.9 cm³/mol. The normalized spacial score (nSPS) is 29.1. The first-order valence-electron chi connectivity index (χ1n) is 4.71. The standard InChI is InChI=1S/C10H15NOS/c1-7-3-4-9(12-7)10-11-6-5-8(2)13-10/h3-4,8,10-11H,5-6H2,1-2H3. The van der Waals surface area contributed by atoms with Gasteiger partial charge in [-0.2, -0.15) is 0 Å². The summed E-state index contributed by atoms with van der Waals surface area (Å²) in [5, 5.41) is 4.54. The summed E-state index contributed by atoms with van der Waals surface area (Å²) in [6, 6.07) is 4.09. The molecule has 2 heterocycles. The summed E-state index contributed by atoms with van der Waals surface area (Å²) in [6.07, 6.45) is 1.25. The van der Waals surface area contributed by atoms with E-state index in [1.807, 2.05) is 24.8 Å². The molecule has 2 nitrogen and oxygen atoms in total. The zero-order chi connectivity index (χ0) is 9.26. The highest BCUT2D eigenvalue weighted by atomic mass is 32.2. The van der Waals surface area contributed by atoms with Gasteiger partial charge in [0.05, 0.1) is 0 Å². The van der Waals surface area contributed by atoms with E-state index in [4.69, 9.17) is 4.42 Å². The number of hydrogen-bond donors (Lipinski definition) is 1. The molecular formula is C10H15NOS. The number of aryl methyl sites for hydroxylation is 1. The molecule has 3 heteroatoms. The summed E-state index contributed by atoms with van der Waals surface area (Å²) in [5.74, 6) is 2.06. The summed E-state index contributed by atoms with van der Waals surface area (Å²) in [7, 11) is 0. The number of rotatable bonds is 1. The van der Waals surface area contributed by atoms with Gasteiger partial charge in [-0.25, -0.2) is 0 Å². The molecule has 2 rings (SSSR count). The Balaban J connectivity index is 2.08. The second kappa shape index (κ2) is 3.76. The minimum absolute atomic E-state index is 0.359. The lowest BCUT2D eigenvalue weighted by Gasteiger charge is -2.26. The maximum atomic E-state index is 5.59. The molecule has 0 amide bonds. The molecule has 1 aliphatic rings. The van der Waals surface area contributed by atoms with Crippen LogP contribution in [-0.2, 0) is 0 Å². The molecule has 0 spiro atoms. The molecular weight excluding hydrogens is 182 g/mol.